The third kappa shape index (κ3) is 1.78. The van der Waals surface area contributed by atoms with Crippen molar-refractivity contribution in [2.45, 2.75) is 6.92 Å². The van der Waals surface area contributed by atoms with Crippen LogP contribution in [0.25, 0.3) is 43.1 Å². The van der Waals surface area contributed by atoms with E-state index in [4.69, 9.17) is 0 Å². The Morgan fingerprint density at radius 2 is 1.13 bits per heavy atom. The molecule has 5 aromatic carbocycles. The van der Waals surface area contributed by atoms with Gasteiger partial charge in [0.2, 0.25) is 0 Å². The summed E-state index contributed by atoms with van der Waals surface area (Å²) in [6, 6.07) is 28.9. The third-order valence-corrected chi connectivity index (χ3v) is 4.88. The average molecular weight is 292 g/mol. The summed E-state index contributed by atoms with van der Waals surface area (Å²) in [7, 11) is 0. The van der Waals surface area contributed by atoms with E-state index in [2.05, 4.69) is 85.8 Å². The molecule has 0 nitrogen and oxygen atoms in total. The molecule has 0 unspecified atom stereocenters. The molecule has 0 fully saturated rings. The van der Waals surface area contributed by atoms with E-state index in [0.29, 0.717) is 0 Å². The van der Waals surface area contributed by atoms with Crippen molar-refractivity contribution in [2.75, 3.05) is 0 Å². The maximum atomic E-state index is 2.31. The van der Waals surface area contributed by atoms with Gasteiger partial charge in [-0.3, -0.25) is 0 Å². The first kappa shape index (κ1) is 12.7. The topological polar surface area (TPSA) is 0 Å². The minimum absolute atomic E-state index is 1.30. The van der Waals surface area contributed by atoms with Crippen LogP contribution in [0.3, 0.4) is 0 Å². The number of benzene rings is 5. The van der Waals surface area contributed by atoms with Crippen molar-refractivity contribution >= 4 is 43.1 Å². The molecule has 0 aromatic heterocycles. The van der Waals surface area contributed by atoms with Crippen LogP contribution in [0.2, 0.25) is 0 Å². The van der Waals surface area contributed by atoms with Crippen LogP contribution in [0.5, 0.6) is 0 Å². The lowest BCUT2D eigenvalue weighted by Gasteiger charge is -2.11. The molecule has 0 N–H and O–H groups in total. The van der Waals surface area contributed by atoms with Gasteiger partial charge in [-0.25, -0.2) is 0 Å². The zero-order valence-corrected chi connectivity index (χ0v) is 13.0. The normalized spacial score (nSPS) is 11.7. The van der Waals surface area contributed by atoms with Gasteiger partial charge >= 0.3 is 0 Å². The molecule has 0 aliphatic carbocycles. The van der Waals surface area contributed by atoms with Crippen molar-refractivity contribution in [3.63, 3.8) is 0 Å². The van der Waals surface area contributed by atoms with Gasteiger partial charge in [0.05, 0.1) is 0 Å². The molecular weight excluding hydrogens is 276 g/mol. The molecule has 0 atom stereocenters. The lowest BCUT2D eigenvalue weighted by molar-refractivity contribution is 1.51. The molecule has 0 heteroatoms. The molecule has 0 aliphatic rings. The van der Waals surface area contributed by atoms with E-state index in [1.807, 2.05) is 0 Å². The summed E-state index contributed by atoms with van der Waals surface area (Å²) in [5, 5.41) is 10.7. The number of hydrogen-bond acceptors (Lipinski definition) is 0. The Kier molecular flexibility index (Phi) is 2.51. The lowest BCUT2D eigenvalue weighted by Crippen LogP contribution is -1.83. The van der Waals surface area contributed by atoms with E-state index >= 15 is 0 Å². The fourth-order valence-electron chi connectivity index (χ4n) is 3.76. The Hall–Kier alpha value is -2.86. The monoisotopic (exact) mass is 292 g/mol. The summed E-state index contributed by atoms with van der Waals surface area (Å²) in [5.41, 5.74) is 1.31. The van der Waals surface area contributed by atoms with Crippen LogP contribution in [0, 0.1) is 6.92 Å². The second kappa shape index (κ2) is 4.57. The van der Waals surface area contributed by atoms with Crippen LogP contribution < -0.4 is 0 Å². The molecule has 5 aromatic rings. The molecule has 5 rings (SSSR count). The summed E-state index contributed by atoms with van der Waals surface area (Å²) in [6.07, 6.45) is 0. The fraction of sp³-hybridized carbons (Fsp3) is 0.0435. The Labute approximate surface area is 135 Å². The van der Waals surface area contributed by atoms with Crippen molar-refractivity contribution in [2.24, 2.45) is 0 Å². The molecule has 0 radical (unpaired) electrons. The largest absolute Gasteiger partial charge is 0.0616 e. The van der Waals surface area contributed by atoms with E-state index in [1.54, 1.807) is 0 Å². The molecule has 0 spiro atoms. The summed E-state index contributed by atoms with van der Waals surface area (Å²) < 4.78 is 0. The SMILES string of the molecule is Cc1ccc2ccc3ccc4c5ccccc5ccc4c3c2c1. The van der Waals surface area contributed by atoms with E-state index in [0.717, 1.165) is 0 Å². The molecule has 0 aliphatic heterocycles. The molecular formula is C23H16. The smallest absolute Gasteiger partial charge is 0.00265 e. The van der Waals surface area contributed by atoms with E-state index in [9.17, 15) is 0 Å². The lowest BCUT2D eigenvalue weighted by atomic mass is 9.93. The molecule has 0 heterocycles. The van der Waals surface area contributed by atoms with Crippen LogP contribution in [-0.4, -0.2) is 0 Å². The van der Waals surface area contributed by atoms with Crippen LogP contribution in [-0.2, 0) is 0 Å². The zero-order valence-electron chi connectivity index (χ0n) is 13.0. The second-order valence-electron chi connectivity index (χ2n) is 6.34. The highest BCUT2D eigenvalue weighted by molar-refractivity contribution is 6.24. The maximum absolute atomic E-state index is 2.31. The highest BCUT2D eigenvalue weighted by atomic mass is 14.1. The first-order valence-electron chi connectivity index (χ1n) is 8.05. The predicted molar refractivity (Wildman–Crippen MR) is 101 cm³/mol. The van der Waals surface area contributed by atoms with Gasteiger partial charge in [-0.1, -0.05) is 84.4 Å². The number of hydrogen-bond donors (Lipinski definition) is 0. The Bertz CT molecular complexity index is 1210. The molecule has 0 amide bonds. The molecule has 0 saturated carbocycles. The van der Waals surface area contributed by atoms with Crippen LogP contribution >= 0.6 is 0 Å². The Morgan fingerprint density at radius 1 is 0.478 bits per heavy atom. The van der Waals surface area contributed by atoms with E-state index in [-0.39, 0.29) is 0 Å². The van der Waals surface area contributed by atoms with Gasteiger partial charge in [-0.15, -0.1) is 0 Å². The first-order chi connectivity index (χ1) is 11.3. The predicted octanol–water partition coefficient (Wildman–Crippen LogP) is 6.61. The highest BCUT2D eigenvalue weighted by Crippen LogP contribution is 2.35. The minimum atomic E-state index is 1.30. The quantitative estimate of drug-likeness (QED) is 0.282. The van der Waals surface area contributed by atoms with Gasteiger partial charge in [-0.2, -0.15) is 0 Å². The van der Waals surface area contributed by atoms with E-state index < -0.39 is 0 Å². The number of fused-ring (bicyclic) bond motifs is 7. The summed E-state index contributed by atoms with van der Waals surface area (Å²) in [4.78, 5) is 0. The van der Waals surface area contributed by atoms with Gasteiger partial charge in [0.1, 0.15) is 0 Å². The Morgan fingerprint density at radius 3 is 2.09 bits per heavy atom. The fourth-order valence-corrected chi connectivity index (χ4v) is 3.76. The highest BCUT2D eigenvalue weighted by Gasteiger charge is 2.07. The van der Waals surface area contributed by atoms with Crippen LogP contribution in [0.1, 0.15) is 5.56 Å². The zero-order chi connectivity index (χ0) is 15.4. The maximum Gasteiger partial charge on any atom is -0.00265 e. The second-order valence-corrected chi connectivity index (χ2v) is 6.34. The van der Waals surface area contributed by atoms with Gasteiger partial charge in [0.15, 0.2) is 0 Å². The number of rotatable bonds is 0. The molecule has 23 heavy (non-hydrogen) atoms. The van der Waals surface area contributed by atoms with Crippen molar-refractivity contribution in [1.29, 1.82) is 0 Å². The van der Waals surface area contributed by atoms with Crippen molar-refractivity contribution in [3.05, 3.63) is 84.4 Å². The third-order valence-electron chi connectivity index (χ3n) is 4.88. The van der Waals surface area contributed by atoms with Crippen LogP contribution in [0.4, 0.5) is 0 Å². The van der Waals surface area contributed by atoms with Crippen molar-refractivity contribution in [3.8, 4) is 0 Å². The molecule has 0 bridgehead atoms. The summed E-state index contributed by atoms with van der Waals surface area (Å²) in [6.45, 7) is 2.17. The van der Waals surface area contributed by atoms with Gasteiger partial charge in [-0.05, 0) is 50.0 Å². The average Bonchev–Trinajstić information content (AvgIpc) is 2.60. The van der Waals surface area contributed by atoms with Gasteiger partial charge in [0.25, 0.3) is 0 Å². The van der Waals surface area contributed by atoms with Crippen LogP contribution in [0.15, 0.2) is 78.9 Å². The van der Waals surface area contributed by atoms with Crippen molar-refractivity contribution in [1.82, 2.24) is 0 Å². The summed E-state index contributed by atoms with van der Waals surface area (Å²) in [5.74, 6) is 0. The van der Waals surface area contributed by atoms with Gasteiger partial charge in [0, 0.05) is 0 Å². The number of aryl methyl sites for hydroxylation is 1. The standard InChI is InChI=1S/C23H16/c1-15-6-7-17-8-9-18-11-12-20-19-5-3-2-4-16(19)10-13-21(20)23(18)22(17)14-15/h2-14H,1H3. The minimum Gasteiger partial charge on any atom is -0.0616 e. The molecule has 108 valence electrons. The van der Waals surface area contributed by atoms with Crippen molar-refractivity contribution < 1.29 is 0 Å². The Balaban J connectivity index is 2.10. The van der Waals surface area contributed by atoms with E-state index in [1.165, 1.54) is 48.7 Å². The van der Waals surface area contributed by atoms with Gasteiger partial charge < -0.3 is 0 Å². The first-order valence-corrected chi connectivity index (χ1v) is 8.05. The summed E-state index contributed by atoms with van der Waals surface area (Å²) >= 11 is 0. The molecule has 0 saturated heterocycles.